The molecule has 0 fully saturated rings. The number of para-hydroxylation sites is 1. The fourth-order valence-corrected chi connectivity index (χ4v) is 1.70. The van der Waals surface area contributed by atoms with Crippen LogP contribution in [0.25, 0.3) is 11.5 Å². The van der Waals surface area contributed by atoms with Crippen LogP contribution >= 0.6 is 0 Å². The highest BCUT2D eigenvalue weighted by atomic mass is 16.5. The van der Waals surface area contributed by atoms with Crippen LogP contribution in [-0.4, -0.2) is 10.2 Å². The Morgan fingerprint density at radius 2 is 1.53 bits per heavy atom. The number of rotatable bonds is 3. The van der Waals surface area contributed by atoms with Crippen molar-refractivity contribution in [1.82, 2.24) is 10.2 Å². The minimum atomic E-state index is 0.517. The van der Waals surface area contributed by atoms with Gasteiger partial charge in [-0.15, -0.1) is 10.2 Å². The van der Waals surface area contributed by atoms with Crippen molar-refractivity contribution in [2.45, 2.75) is 6.92 Å². The van der Waals surface area contributed by atoms with E-state index in [1.165, 1.54) is 0 Å². The minimum Gasteiger partial charge on any atom is -0.457 e. The van der Waals surface area contributed by atoms with E-state index in [0.717, 1.165) is 17.1 Å². The molecule has 0 amide bonds. The van der Waals surface area contributed by atoms with E-state index < -0.39 is 0 Å². The molecule has 19 heavy (non-hydrogen) atoms. The molecular weight excluding hydrogens is 240 g/mol. The van der Waals surface area contributed by atoms with E-state index in [4.69, 9.17) is 9.15 Å². The first-order valence-electron chi connectivity index (χ1n) is 5.95. The average Bonchev–Trinajstić information content (AvgIpc) is 2.87. The molecule has 0 spiro atoms. The number of nitrogens with zero attached hydrogens (tertiary/aromatic N) is 2. The van der Waals surface area contributed by atoms with Gasteiger partial charge in [-0.2, -0.15) is 0 Å². The van der Waals surface area contributed by atoms with Crippen LogP contribution in [0.4, 0.5) is 0 Å². The van der Waals surface area contributed by atoms with Gasteiger partial charge in [-0.1, -0.05) is 18.2 Å². The first kappa shape index (κ1) is 11.5. The largest absolute Gasteiger partial charge is 0.457 e. The summed E-state index contributed by atoms with van der Waals surface area (Å²) >= 11 is 0. The lowest BCUT2D eigenvalue weighted by molar-refractivity contribution is 0.482. The Kier molecular flexibility index (Phi) is 2.98. The number of aryl methyl sites for hydroxylation is 1. The molecule has 0 atom stereocenters. The highest BCUT2D eigenvalue weighted by Gasteiger charge is 2.05. The third kappa shape index (κ3) is 2.63. The molecule has 0 unspecified atom stereocenters. The SMILES string of the molecule is Cc1nnc(-c2ccc(Oc3ccccc3)cc2)o1. The Morgan fingerprint density at radius 1 is 0.842 bits per heavy atom. The van der Waals surface area contributed by atoms with Crippen LogP contribution in [0.1, 0.15) is 5.89 Å². The van der Waals surface area contributed by atoms with Crippen LogP contribution in [0.5, 0.6) is 11.5 Å². The molecule has 0 bridgehead atoms. The Hall–Kier alpha value is -2.62. The number of hydrogen-bond acceptors (Lipinski definition) is 4. The summed E-state index contributed by atoms with van der Waals surface area (Å²) in [6, 6.07) is 17.2. The molecule has 94 valence electrons. The maximum atomic E-state index is 5.71. The molecular formula is C15H12N2O2. The topological polar surface area (TPSA) is 48.2 Å². The van der Waals surface area contributed by atoms with Crippen LogP contribution < -0.4 is 4.74 Å². The van der Waals surface area contributed by atoms with E-state index in [0.29, 0.717) is 11.8 Å². The second-order valence-electron chi connectivity index (χ2n) is 4.07. The molecule has 0 N–H and O–H groups in total. The van der Waals surface area contributed by atoms with Gasteiger partial charge in [0.15, 0.2) is 0 Å². The summed E-state index contributed by atoms with van der Waals surface area (Å²) in [4.78, 5) is 0. The van der Waals surface area contributed by atoms with E-state index >= 15 is 0 Å². The molecule has 1 aromatic heterocycles. The van der Waals surface area contributed by atoms with Crippen molar-refractivity contribution in [3.8, 4) is 23.0 Å². The lowest BCUT2D eigenvalue weighted by Crippen LogP contribution is -1.84. The van der Waals surface area contributed by atoms with Gasteiger partial charge in [0.1, 0.15) is 11.5 Å². The van der Waals surface area contributed by atoms with E-state index in [1.54, 1.807) is 6.92 Å². The first-order chi connectivity index (χ1) is 9.31. The summed E-state index contributed by atoms with van der Waals surface area (Å²) in [7, 11) is 0. The number of benzene rings is 2. The summed E-state index contributed by atoms with van der Waals surface area (Å²) in [6.07, 6.45) is 0. The van der Waals surface area contributed by atoms with Crippen molar-refractivity contribution in [3.05, 3.63) is 60.5 Å². The number of hydrogen-bond donors (Lipinski definition) is 0. The predicted molar refractivity (Wildman–Crippen MR) is 71.0 cm³/mol. The van der Waals surface area contributed by atoms with E-state index in [2.05, 4.69) is 10.2 Å². The molecule has 0 saturated carbocycles. The average molecular weight is 252 g/mol. The zero-order chi connectivity index (χ0) is 13.1. The molecule has 3 aromatic rings. The molecule has 0 saturated heterocycles. The van der Waals surface area contributed by atoms with Gasteiger partial charge in [0, 0.05) is 12.5 Å². The lowest BCUT2D eigenvalue weighted by Gasteiger charge is -2.05. The second kappa shape index (κ2) is 4.94. The van der Waals surface area contributed by atoms with Gasteiger partial charge in [-0.25, -0.2) is 0 Å². The maximum absolute atomic E-state index is 5.71. The molecule has 0 aliphatic heterocycles. The van der Waals surface area contributed by atoms with Crippen molar-refractivity contribution in [1.29, 1.82) is 0 Å². The van der Waals surface area contributed by atoms with Crippen molar-refractivity contribution < 1.29 is 9.15 Å². The summed E-state index contributed by atoms with van der Waals surface area (Å²) < 4.78 is 11.1. The standard InChI is InChI=1S/C15H12N2O2/c1-11-16-17-15(18-11)12-7-9-14(10-8-12)19-13-5-3-2-4-6-13/h2-10H,1H3. The van der Waals surface area contributed by atoms with Crippen molar-refractivity contribution in [3.63, 3.8) is 0 Å². The first-order valence-corrected chi connectivity index (χ1v) is 5.95. The Morgan fingerprint density at radius 3 is 2.16 bits per heavy atom. The molecule has 4 nitrogen and oxygen atoms in total. The predicted octanol–water partition coefficient (Wildman–Crippen LogP) is 3.84. The molecule has 1 heterocycles. The Labute approximate surface area is 110 Å². The summed E-state index contributed by atoms with van der Waals surface area (Å²) in [6.45, 7) is 1.77. The van der Waals surface area contributed by atoms with Crippen LogP contribution in [-0.2, 0) is 0 Å². The second-order valence-corrected chi connectivity index (χ2v) is 4.07. The lowest BCUT2D eigenvalue weighted by atomic mass is 10.2. The Balaban J connectivity index is 1.79. The molecule has 4 heteroatoms. The minimum absolute atomic E-state index is 0.517. The van der Waals surface area contributed by atoms with Gasteiger partial charge in [-0.05, 0) is 36.4 Å². The number of ether oxygens (including phenoxy) is 1. The van der Waals surface area contributed by atoms with Gasteiger partial charge in [0.25, 0.3) is 0 Å². The zero-order valence-corrected chi connectivity index (χ0v) is 10.4. The quantitative estimate of drug-likeness (QED) is 0.710. The highest BCUT2D eigenvalue weighted by Crippen LogP contribution is 2.24. The molecule has 0 aliphatic rings. The normalized spacial score (nSPS) is 10.4. The molecule has 3 rings (SSSR count). The van der Waals surface area contributed by atoms with Crippen molar-refractivity contribution in [2.75, 3.05) is 0 Å². The smallest absolute Gasteiger partial charge is 0.247 e. The van der Waals surface area contributed by atoms with Gasteiger partial charge in [-0.3, -0.25) is 0 Å². The zero-order valence-electron chi connectivity index (χ0n) is 10.4. The van der Waals surface area contributed by atoms with Crippen LogP contribution in [0, 0.1) is 6.92 Å². The van der Waals surface area contributed by atoms with E-state index in [9.17, 15) is 0 Å². The molecule has 0 radical (unpaired) electrons. The summed E-state index contributed by atoms with van der Waals surface area (Å²) in [5, 5.41) is 7.78. The highest BCUT2D eigenvalue weighted by molar-refractivity contribution is 5.54. The fourth-order valence-electron chi connectivity index (χ4n) is 1.70. The van der Waals surface area contributed by atoms with E-state index in [1.807, 2.05) is 54.6 Å². The van der Waals surface area contributed by atoms with Crippen LogP contribution in [0.3, 0.4) is 0 Å². The maximum Gasteiger partial charge on any atom is 0.247 e. The van der Waals surface area contributed by atoms with Gasteiger partial charge < -0.3 is 9.15 Å². The third-order valence-corrected chi connectivity index (χ3v) is 2.61. The molecule has 0 aliphatic carbocycles. The third-order valence-electron chi connectivity index (χ3n) is 2.61. The van der Waals surface area contributed by atoms with Crippen molar-refractivity contribution >= 4 is 0 Å². The summed E-state index contributed by atoms with van der Waals surface area (Å²) in [5.41, 5.74) is 0.876. The van der Waals surface area contributed by atoms with Gasteiger partial charge >= 0.3 is 0 Å². The van der Waals surface area contributed by atoms with Crippen LogP contribution in [0.15, 0.2) is 59.0 Å². The number of aromatic nitrogens is 2. The van der Waals surface area contributed by atoms with Crippen molar-refractivity contribution in [2.24, 2.45) is 0 Å². The Bertz CT molecular complexity index is 660. The summed E-state index contributed by atoms with van der Waals surface area (Å²) in [5.74, 6) is 2.65. The van der Waals surface area contributed by atoms with E-state index in [-0.39, 0.29) is 0 Å². The molecule has 2 aromatic carbocycles. The van der Waals surface area contributed by atoms with Gasteiger partial charge in [0.2, 0.25) is 11.8 Å². The fraction of sp³-hybridized carbons (Fsp3) is 0.0667. The monoisotopic (exact) mass is 252 g/mol. The van der Waals surface area contributed by atoms with Crippen LogP contribution in [0.2, 0.25) is 0 Å². The van der Waals surface area contributed by atoms with Gasteiger partial charge in [0.05, 0.1) is 0 Å².